The molecule has 0 unspecified atom stereocenters. The van der Waals surface area contributed by atoms with E-state index in [2.05, 4.69) is 20.5 Å². The van der Waals surface area contributed by atoms with Crippen LogP contribution in [-0.2, 0) is 6.54 Å². The molecule has 0 aromatic carbocycles. The van der Waals surface area contributed by atoms with Crippen LogP contribution in [-0.4, -0.2) is 30.3 Å². The third-order valence-corrected chi connectivity index (χ3v) is 3.07. The Morgan fingerprint density at radius 2 is 2.09 bits per heavy atom. The van der Waals surface area contributed by atoms with Gasteiger partial charge in [-0.15, -0.1) is 0 Å². The van der Waals surface area contributed by atoms with Gasteiger partial charge in [0.1, 0.15) is 11.5 Å². The molecule has 1 amide bonds. The number of nitrogens with one attached hydrogen (secondary N) is 1. The van der Waals surface area contributed by atoms with Gasteiger partial charge < -0.3 is 5.32 Å². The van der Waals surface area contributed by atoms with Gasteiger partial charge in [-0.1, -0.05) is 6.92 Å². The van der Waals surface area contributed by atoms with Gasteiger partial charge in [0.05, 0.1) is 6.20 Å². The Balaban J connectivity index is 1.90. The van der Waals surface area contributed by atoms with Gasteiger partial charge in [0.25, 0.3) is 11.5 Å². The van der Waals surface area contributed by atoms with E-state index in [-0.39, 0.29) is 11.3 Å². The van der Waals surface area contributed by atoms with Crippen molar-refractivity contribution in [2.45, 2.75) is 19.9 Å². The summed E-state index contributed by atoms with van der Waals surface area (Å²) in [5, 5.41) is 10.9. The highest BCUT2D eigenvalue weighted by Crippen LogP contribution is 2.09. The van der Waals surface area contributed by atoms with Crippen molar-refractivity contribution in [1.29, 1.82) is 0 Å². The summed E-state index contributed by atoms with van der Waals surface area (Å²) in [5.41, 5.74) is 0.573. The molecule has 0 aliphatic rings. The van der Waals surface area contributed by atoms with Crippen molar-refractivity contribution in [2.24, 2.45) is 0 Å². The van der Waals surface area contributed by atoms with Crippen LogP contribution in [0.5, 0.6) is 0 Å². The molecule has 0 fully saturated rings. The maximum Gasteiger partial charge on any atom is 0.277 e. The molecule has 0 aliphatic heterocycles. The third-order valence-electron chi connectivity index (χ3n) is 3.07. The summed E-state index contributed by atoms with van der Waals surface area (Å²) in [6, 6.07) is 6.12. The molecule has 0 saturated heterocycles. The molecule has 0 bridgehead atoms. The number of anilines is 1. The average molecular weight is 298 g/mol. The Hall–Kier alpha value is -3.03. The smallest absolute Gasteiger partial charge is 0.277 e. The van der Waals surface area contributed by atoms with Gasteiger partial charge in [0.15, 0.2) is 5.65 Å². The summed E-state index contributed by atoms with van der Waals surface area (Å²) in [5.74, 6) is 0.0721. The zero-order valence-electron chi connectivity index (χ0n) is 11.9. The van der Waals surface area contributed by atoms with Crippen LogP contribution in [0, 0.1) is 0 Å². The van der Waals surface area contributed by atoms with Gasteiger partial charge in [-0.2, -0.15) is 14.7 Å². The summed E-state index contributed by atoms with van der Waals surface area (Å²) in [4.78, 5) is 28.0. The number of amides is 1. The van der Waals surface area contributed by atoms with E-state index in [1.165, 1.54) is 21.3 Å². The van der Waals surface area contributed by atoms with Crippen LogP contribution in [0.15, 0.2) is 41.5 Å². The number of fused-ring (bicyclic) bond motifs is 1. The first-order valence-corrected chi connectivity index (χ1v) is 6.87. The number of carbonyl (C=O) groups excluding carboxylic acids is 1. The van der Waals surface area contributed by atoms with Crippen LogP contribution in [0.3, 0.4) is 0 Å². The monoisotopic (exact) mass is 298 g/mol. The summed E-state index contributed by atoms with van der Waals surface area (Å²) in [6.07, 6.45) is 3.94. The molecule has 3 aromatic rings. The zero-order chi connectivity index (χ0) is 15.5. The number of rotatable bonds is 4. The molecule has 3 aromatic heterocycles. The van der Waals surface area contributed by atoms with Crippen LogP contribution < -0.4 is 10.9 Å². The predicted octanol–water partition coefficient (Wildman–Crippen LogP) is 0.948. The highest BCUT2D eigenvalue weighted by Gasteiger charge is 2.12. The fourth-order valence-electron chi connectivity index (χ4n) is 2.05. The van der Waals surface area contributed by atoms with Crippen LogP contribution in [0.1, 0.15) is 23.8 Å². The van der Waals surface area contributed by atoms with E-state index < -0.39 is 5.91 Å². The Bertz CT molecular complexity index is 882. The van der Waals surface area contributed by atoms with Gasteiger partial charge in [-0.3, -0.25) is 9.59 Å². The molecule has 0 atom stereocenters. The minimum absolute atomic E-state index is 0.171. The molecule has 22 heavy (non-hydrogen) atoms. The SMILES string of the molecule is CCCn1nc(C(=O)Nc2ccnc3ccnn23)ccc1=O. The van der Waals surface area contributed by atoms with Gasteiger partial charge in [-0.05, 0) is 18.6 Å². The number of aromatic nitrogens is 5. The largest absolute Gasteiger partial charge is 0.305 e. The fourth-order valence-corrected chi connectivity index (χ4v) is 2.05. The molecule has 0 spiro atoms. The molecule has 3 heterocycles. The number of hydrogen-bond donors (Lipinski definition) is 1. The van der Waals surface area contributed by atoms with Crippen molar-refractivity contribution in [3.05, 3.63) is 52.7 Å². The lowest BCUT2D eigenvalue weighted by atomic mass is 10.3. The van der Waals surface area contributed by atoms with Gasteiger partial charge in [-0.25, -0.2) is 9.67 Å². The Morgan fingerprint density at radius 3 is 2.91 bits per heavy atom. The second kappa shape index (κ2) is 5.76. The predicted molar refractivity (Wildman–Crippen MR) is 79.7 cm³/mol. The molecule has 0 aliphatic carbocycles. The first-order chi connectivity index (χ1) is 10.7. The second-order valence-corrected chi connectivity index (χ2v) is 4.67. The third kappa shape index (κ3) is 2.58. The van der Waals surface area contributed by atoms with E-state index in [0.29, 0.717) is 18.0 Å². The molecule has 8 nitrogen and oxygen atoms in total. The number of aryl methyl sites for hydroxylation is 1. The van der Waals surface area contributed by atoms with Gasteiger partial charge >= 0.3 is 0 Å². The maximum absolute atomic E-state index is 12.3. The normalized spacial score (nSPS) is 10.8. The number of hydrogen-bond acceptors (Lipinski definition) is 5. The van der Waals surface area contributed by atoms with E-state index in [1.54, 1.807) is 24.5 Å². The van der Waals surface area contributed by atoms with Crippen molar-refractivity contribution < 1.29 is 4.79 Å². The van der Waals surface area contributed by atoms with Crippen molar-refractivity contribution in [3.8, 4) is 0 Å². The fraction of sp³-hybridized carbons (Fsp3) is 0.214. The standard InChI is InChI=1S/C14H14N6O2/c1-2-9-19-13(21)4-3-10(18-19)14(22)17-12-5-7-15-11-6-8-16-20(11)12/h3-8H,2,9H2,1H3,(H,17,22). The van der Waals surface area contributed by atoms with E-state index >= 15 is 0 Å². The average Bonchev–Trinajstić information content (AvgIpc) is 2.99. The summed E-state index contributed by atoms with van der Waals surface area (Å²) < 4.78 is 2.80. The van der Waals surface area contributed by atoms with Crippen molar-refractivity contribution >= 4 is 17.4 Å². The molecule has 112 valence electrons. The van der Waals surface area contributed by atoms with Gasteiger partial charge in [0, 0.05) is 24.9 Å². The summed E-state index contributed by atoms with van der Waals surface area (Å²) in [7, 11) is 0. The molecular weight excluding hydrogens is 284 g/mol. The van der Waals surface area contributed by atoms with Crippen LogP contribution in [0.25, 0.3) is 5.65 Å². The minimum Gasteiger partial charge on any atom is -0.305 e. The zero-order valence-corrected chi connectivity index (χ0v) is 11.9. The number of carbonyl (C=O) groups is 1. The molecular formula is C14H14N6O2. The van der Waals surface area contributed by atoms with E-state index in [4.69, 9.17) is 0 Å². The molecule has 3 rings (SSSR count). The van der Waals surface area contributed by atoms with Crippen LogP contribution in [0.2, 0.25) is 0 Å². The topological polar surface area (TPSA) is 94.2 Å². The second-order valence-electron chi connectivity index (χ2n) is 4.67. The van der Waals surface area contributed by atoms with E-state index in [1.807, 2.05) is 6.92 Å². The maximum atomic E-state index is 12.3. The summed E-state index contributed by atoms with van der Waals surface area (Å²) >= 11 is 0. The van der Waals surface area contributed by atoms with Crippen molar-refractivity contribution in [2.75, 3.05) is 5.32 Å². The lowest BCUT2D eigenvalue weighted by molar-refractivity contribution is 0.101. The lowest BCUT2D eigenvalue weighted by Gasteiger charge is -2.08. The van der Waals surface area contributed by atoms with E-state index in [0.717, 1.165) is 6.42 Å². The summed E-state index contributed by atoms with van der Waals surface area (Å²) in [6.45, 7) is 2.41. The highest BCUT2D eigenvalue weighted by molar-refractivity contribution is 6.02. The molecule has 1 N–H and O–H groups in total. The van der Waals surface area contributed by atoms with E-state index in [9.17, 15) is 9.59 Å². The minimum atomic E-state index is -0.409. The first-order valence-electron chi connectivity index (χ1n) is 6.87. The molecule has 0 saturated carbocycles. The van der Waals surface area contributed by atoms with Crippen molar-refractivity contribution in [3.63, 3.8) is 0 Å². The lowest BCUT2D eigenvalue weighted by Crippen LogP contribution is -2.26. The quantitative estimate of drug-likeness (QED) is 0.774. The van der Waals surface area contributed by atoms with Crippen molar-refractivity contribution in [1.82, 2.24) is 24.4 Å². The Morgan fingerprint density at radius 1 is 1.23 bits per heavy atom. The highest BCUT2D eigenvalue weighted by atomic mass is 16.2. The van der Waals surface area contributed by atoms with Crippen LogP contribution >= 0.6 is 0 Å². The Labute approximate surface area is 125 Å². The molecule has 8 heteroatoms. The molecule has 0 radical (unpaired) electrons. The first kappa shape index (κ1) is 13.9. The number of nitrogens with zero attached hydrogens (tertiary/aromatic N) is 5. The van der Waals surface area contributed by atoms with Gasteiger partial charge in [0.2, 0.25) is 0 Å². The van der Waals surface area contributed by atoms with Crippen LogP contribution in [0.4, 0.5) is 5.82 Å². The Kier molecular flexibility index (Phi) is 3.65.